The van der Waals surface area contributed by atoms with Crippen LogP contribution < -0.4 is 4.74 Å². The predicted molar refractivity (Wildman–Crippen MR) is 70.5 cm³/mol. The minimum absolute atomic E-state index is 0.104. The summed E-state index contributed by atoms with van der Waals surface area (Å²) in [7, 11) is 1.06. The lowest BCUT2D eigenvalue weighted by atomic mass is 10.1. The van der Waals surface area contributed by atoms with E-state index in [-0.39, 0.29) is 5.56 Å². The number of ether oxygens (including phenoxy) is 2. The van der Waals surface area contributed by atoms with Crippen LogP contribution in [0.25, 0.3) is 0 Å². The SMILES string of the molecule is COC(=O)c1c(F)ncn1C(C)c1ccccc1OC(F)(F)F. The molecule has 1 aromatic carbocycles. The number of nitrogens with zero attached hydrogens (tertiary/aromatic N) is 2. The molecule has 0 spiro atoms. The summed E-state index contributed by atoms with van der Waals surface area (Å²) in [5, 5.41) is 0. The summed E-state index contributed by atoms with van der Waals surface area (Å²) in [5.41, 5.74) is -0.380. The van der Waals surface area contributed by atoms with E-state index < -0.39 is 35.8 Å². The van der Waals surface area contributed by atoms with E-state index >= 15 is 0 Å². The highest BCUT2D eigenvalue weighted by Crippen LogP contribution is 2.32. The van der Waals surface area contributed by atoms with Crippen molar-refractivity contribution < 1.29 is 31.8 Å². The lowest BCUT2D eigenvalue weighted by Crippen LogP contribution is -2.20. The Hall–Kier alpha value is -2.58. The fraction of sp³-hybridized carbons (Fsp3) is 0.286. The molecule has 0 saturated carbocycles. The van der Waals surface area contributed by atoms with Gasteiger partial charge in [0.25, 0.3) is 0 Å². The van der Waals surface area contributed by atoms with Crippen LogP contribution in [0.5, 0.6) is 5.75 Å². The van der Waals surface area contributed by atoms with Gasteiger partial charge >= 0.3 is 12.3 Å². The number of esters is 1. The second-order valence-electron chi connectivity index (χ2n) is 4.54. The maximum atomic E-state index is 13.7. The van der Waals surface area contributed by atoms with Gasteiger partial charge in [0.1, 0.15) is 5.75 Å². The number of benzene rings is 1. The zero-order valence-electron chi connectivity index (χ0n) is 12.1. The number of hydrogen-bond acceptors (Lipinski definition) is 4. The summed E-state index contributed by atoms with van der Waals surface area (Å²) in [5.74, 6) is -2.50. The Morgan fingerprint density at radius 3 is 2.57 bits per heavy atom. The van der Waals surface area contributed by atoms with Crippen LogP contribution >= 0.6 is 0 Å². The van der Waals surface area contributed by atoms with Crippen LogP contribution in [0, 0.1) is 5.95 Å². The summed E-state index contributed by atoms with van der Waals surface area (Å²) in [6, 6.07) is 4.53. The van der Waals surface area contributed by atoms with E-state index in [1.165, 1.54) is 25.1 Å². The van der Waals surface area contributed by atoms with Gasteiger partial charge < -0.3 is 14.0 Å². The van der Waals surface area contributed by atoms with Crippen LogP contribution in [0.4, 0.5) is 17.6 Å². The Balaban J connectivity index is 2.46. The fourth-order valence-corrected chi connectivity index (χ4v) is 2.11. The molecule has 1 aromatic heterocycles. The van der Waals surface area contributed by atoms with E-state index in [2.05, 4.69) is 14.5 Å². The van der Waals surface area contributed by atoms with Gasteiger partial charge in [0.15, 0.2) is 5.69 Å². The second kappa shape index (κ2) is 6.27. The molecule has 0 radical (unpaired) electrons. The first kappa shape index (κ1) is 16.8. The number of alkyl halides is 3. The number of hydrogen-bond donors (Lipinski definition) is 0. The number of imidazole rings is 1. The third-order valence-electron chi connectivity index (χ3n) is 3.14. The Morgan fingerprint density at radius 2 is 1.96 bits per heavy atom. The third kappa shape index (κ3) is 3.61. The van der Waals surface area contributed by atoms with Crippen LogP contribution in [-0.4, -0.2) is 29.0 Å². The average molecular weight is 332 g/mol. The van der Waals surface area contributed by atoms with Crippen molar-refractivity contribution in [2.75, 3.05) is 7.11 Å². The van der Waals surface area contributed by atoms with Gasteiger partial charge in [0, 0.05) is 5.56 Å². The molecule has 0 N–H and O–H groups in total. The lowest BCUT2D eigenvalue weighted by Gasteiger charge is -2.20. The molecule has 2 rings (SSSR count). The van der Waals surface area contributed by atoms with Gasteiger partial charge in [-0.25, -0.2) is 9.78 Å². The summed E-state index contributed by atoms with van der Waals surface area (Å²) in [4.78, 5) is 15.0. The largest absolute Gasteiger partial charge is 0.573 e. The van der Waals surface area contributed by atoms with E-state index in [1.807, 2.05) is 0 Å². The molecule has 0 amide bonds. The number of methoxy groups -OCH3 is 1. The Bertz CT molecular complexity index is 712. The molecule has 0 aliphatic rings. The number of rotatable bonds is 4. The molecule has 0 bridgehead atoms. The van der Waals surface area contributed by atoms with Crippen molar-refractivity contribution in [2.24, 2.45) is 0 Å². The van der Waals surface area contributed by atoms with E-state index in [0.717, 1.165) is 24.1 Å². The molecule has 0 aliphatic heterocycles. The molecule has 9 heteroatoms. The van der Waals surface area contributed by atoms with Crippen LogP contribution in [0.1, 0.15) is 29.0 Å². The molecule has 23 heavy (non-hydrogen) atoms. The third-order valence-corrected chi connectivity index (χ3v) is 3.14. The van der Waals surface area contributed by atoms with Crippen molar-refractivity contribution >= 4 is 5.97 Å². The Morgan fingerprint density at radius 1 is 1.30 bits per heavy atom. The average Bonchev–Trinajstić information content (AvgIpc) is 2.86. The van der Waals surface area contributed by atoms with Gasteiger partial charge in [0.2, 0.25) is 5.95 Å². The van der Waals surface area contributed by atoms with Crippen LogP contribution in [0.15, 0.2) is 30.6 Å². The van der Waals surface area contributed by atoms with E-state index in [4.69, 9.17) is 0 Å². The van der Waals surface area contributed by atoms with Crippen molar-refractivity contribution in [1.82, 2.24) is 9.55 Å². The van der Waals surface area contributed by atoms with Crippen molar-refractivity contribution in [3.63, 3.8) is 0 Å². The first-order valence-electron chi connectivity index (χ1n) is 6.40. The number of carbonyl (C=O) groups is 1. The maximum Gasteiger partial charge on any atom is 0.573 e. The number of carbonyl (C=O) groups excluding carboxylic acids is 1. The number of aromatic nitrogens is 2. The number of halogens is 4. The monoisotopic (exact) mass is 332 g/mol. The first-order chi connectivity index (χ1) is 10.7. The van der Waals surface area contributed by atoms with Crippen molar-refractivity contribution in [3.05, 3.63) is 47.8 Å². The summed E-state index contributed by atoms with van der Waals surface area (Å²) >= 11 is 0. The van der Waals surface area contributed by atoms with Crippen LogP contribution in [-0.2, 0) is 4.74 Å². The standard InChI is InChI=1S/C14H12F4N2O3/c1-8(20-7-19-12(15)11(20)13(21)22-2)9-5-3-4-6-10(9)23-14(16,17)18/h3-8H,1-2H3. The summed E-state index contributed by atoms with van der Waals surface area (Å²) < 4.78 is 60.6. The quantitative estimate of drug-likeness (QED) is 0.637. The highest BCUT2D eigenvalue weighted by Gasteiger charge is 2.33. The Labute approximate surface area is 128 Å². The molecule has 0 aliphatic carbocycles. The smallest absolute Gasteiger partial charge is 0.464 e. The fourth-order valence-electron chi connectivity index (χ4n) is 2.11. The van der Waals surface area contributed by atoms with Crippen molar-refractivity contribution in [2.45, 2.75) is 19.3 Å². The van der Waals surface area contributed by atoms with Gasteiger partial charge in [-0.05, 0) is 13.0 Å². The normalized spacial score (nSPS) is 12.8. The molecular weight excluding hydrogens is 320 g/mol. The molecule has 0 fully saturated rings. The van der Waals surface area contributed by atoms with Crippen LogP contribution in [0.2, 0.25) is 0 Å². The summed E-state index contributed by atoms with van der Waals surface area (Å²) in [6.45, 7) is 1.48. The van der Waals surface area contributed by atoms with E-state index in [0.29, 0.717) is 0 Å². The second-order valence-corrected chi connectivity index (χ2v) is 4.54. The molecule has 5 nitrogen and oxygen atoms in total. The first-order valence-corrected chi connectivity index (χ1v) is 6.40. The lowest BCUT2D eigenvalue weighted by molar-refractivity contribution is -0.275. The molecular formula is C14H12F4N2O3. The van der Waals surface area contributed by atoms with Crippen LogP contribution in [0.3, 0.4) is 0 Å². The van der Waals surface area contributed by atoms with Gasteiger partial charge in [-0.1, -0.05) is 18.2 Å². The van der Waals surface area contributed by atoms with Gasteiger partial charge in [0.05, 0.1) is 19.5 Å². The van der Waals surface area contributed by atoms with E-state index in [1.54, 1.807) is 0 Å². The van der Waals surface area contributed by atoms with Crippen molar-refractivity contribution in [3.8, 4) is 5.75 Å². The maximum absolute atomic E-state index is 13.7. The molecule has 1 heterocycles. The van der Waals surface area contributed by atoms with Gasteiger partial charge in [-0.3, -0.25) is 0 Å². The minimum Gasteiger partial charge on any atom is -0.464 e. The molecule has 1 unspecified atom stereocenters. The van der Waals surface area contributed by atoms with E-state index in [9.17, 15) is 22.4 Å². The number of para-hydroxylation sites is 1. The predicted octanol–water partition coefficient (Wildman–Crippen LogP) is 3.32. The molecule has 2 aromatic rings. The highest BCUT2D eigenvalue weighted by atomic mass is 19.4. The Kier molecular flexibility index (Phi) is 4.57. The molecule has 1 atom stereocenters. The molecule has 124 valence electrons. The van der Waals surface area contributed by atoms with Gasteiger partial charge in [-0.2, -0.15) is 4.39 Å². The zero-order chi connectivity index (χ0) is 17.2. The summed E-state index contributed by atoms with van der Waals surface area (Å²) in [6.07, 6.45) is -3.86. The van der Waals surface area contributed by atoms with Crippen molar-refractivity contribution in [1.29, 1.82) is 0 Å². The minimum atomic E-state index is -4.87. The zero-order valence-corrected chi connectivity index (χ0v) is 12.1. The topological polar surface area (TPSA) is 53.3 Å². The highest BCUT2D eigenvalue weighted by molar-refractivity contribution is 5.87. The van der Waals surface area contributed by atoms with Gasteiger partial charge in [-0.15, -0.1) is 13.2 Å². The molecule has 0 saturated heterocycles.